The zero-order valence-electron chi connectivity index (χ0n) is 12.6. The second-order valence-corrected chi connectivity index (χ2v) is 7.14. The number of hydrogen-bond acceptors (Lipinski definition) is 3. The van der Waals surface area contributed by atoms with E-state index in [1.165, 1.54) is 12.8 Å². The Morgan fingerprint density at radius 3 is 2.81 bits per heavy atom. The van der Waals surface area contributed by atoms with Crippen LogP contribution in [0.25, 0.3) is 10.9 Å². The van der Waals surface area contributed by atoms with Gasteiger partial charge in [-0.1, -0.05) is 25.4 Å². The van der Waals surface area contributed by atoms with Crippen molar-refractivity contribution in [3.63, 3.8) is 0 Å². The molecule has 1 saturated heterocycles. The van der Waals surface area contributed by atoms with Gasteiger partial charge in [0.05, 0.1) is 17.8 Å². The van der Waals surface area contributed by atoms with Gasteiger partial charge in [0.25, 0.3) is 0 Å². The molecule has 2 aromatic rings. The molecule has 0 spiro atoms. The Hall–Kier alpha value is -1.10. The molecule has 5 heteroatoms. The van der Waals surface area contributed by atoms with Crippen LogP contribution in [0.2, 0.25) is 5.02 Å². The van der Waals surface area contributed by atoms with Crippen molar-refractivity contribution >= 4 is 22.5 Å². The van der Waals surface area contributed by atoms with Gasteiger partial charge in [0, 0.05) is 27.9 Å². The number of H-pyrrole nitrogens is 1. The molecular formula is C16H22ClN3O. The number of hydrogen-bond donors (Lipinski definition) is 2. The summed E-state index contributed by atoms with van der Waals surface area (Å²) in [5, 5.41) is 19.5. The summed E-state index contributed by atoms with van der Waals surface area (Å²) in [5.74, 6) is 0. The zero-order valence-corrected chi connectivity index (χ0v) is 13.3. The lowest BCUT2D eigenvalue weighted by Gasteiger charge is -2.35. The maximum atomic E-state index is 10.9. The molecule has 3 rings (SSSR count). The monoisotopic (exact) mass is 307 g/mol. The molecular weight excluding hydrogens is 286 g/mol. The quantitative estimate of drug-likeness (QED) is 0.910. The Bertz CT molecular complexity index is 631. The van der Waals surface area contributed by atoms with E-state index < -0.39 is 6.10 Å². The van der Waals surface area contributed by atoms with E-state index in [0.717, 1.165) is 36.1 Å². The van der Waals surface area contributed by atoms with E-state index in [9.17, 15) is 5.11 Å². The van der Waals surface area contributed by atoms with Crippen molar-refractivity contribution in [2.24, 2.45) is 5.41 Å². The highest BCUT2D eigenvalue weighted by Gasteiger charge is 2.33. The fraction of sp³-hybridized carbons (Fsp3) is 0.562. The highest BCUT2D eigenvalue weighted by molar-refractivity contribution is 6.31. The van der Waals surface area contributed by atoms with Crippen LogP contribution in [0.5, 0.6) is 0 Å². The SMILES string of the molecule is CC(C)(CN1CCCC1)C(O)c1cc(Cl)cc2cn[nH]c12. The summed E-state index contributed by atoms with van der Waals surface area (Å²) in [5.41, 5.74) is 1.47. The van der Waals surface area contributed by atoms with Crippen LogP contribution < -0.4 is 0 Å². The molecule has 0 aliphatic carbocycles. The molecule has 21 heavy (non-hydrogen) atoms. The molecule has 4 nitrogen and oxygen atoms in total. The normalized spacial score (nSPS) is 18.5. The van der Waals surface area contributed by atoms with Gasteiger partial charge in [-0.05, 0) is 38.1 Å². The van der Waals surface area contributed by atoms with Crippen LogP contribution in [-0.2, 0) is 0 Å². The summed E-state index contributed by atoms with van der Waals surface area (Å²) in [6.07, 6.45) is 3.67. The first-order valence-electron chi connectivity index (χ1n) is 7.50. The Kier molecular flexibility index (Phi) is 3.95. The number of nitrogens with one attached hydrogen (secondary N) is 1. The Balaban J connectivity index is 1.91. The van der Waals surface area contributed by atoms with Gasteiger partial charge in [-0.15, -0.1) is 0 Å². The molecule has 1 aliphatic rings. The number of aliphatic hydroxyl groups is 1. The largest absolute Gasteiger partial charge is 0.388 e. The third kappa shape index (κ3) is 2.93. The number of fused-ring (bicyclic) bond motifs is 1. The minimum atomic E-state index is -0.584. The van der Waals surface area contributed by atoms with Crippen LogP contribution >= 0.6 is 11.6 Å². The average Bonchev–Trinajstić information content (AvgIpc) is 3.07. The van der Waals surface area contributed by atoms with E-state index in [0.29, 0.717) is 5.02 Å². The summed E-state index contributed by atoms with van der Waals surface area (Å²) < 4.78 is 0. The molecule has 0 bridgehead atoms. The summed E-state index contributed by atoms with van der Waals surface area (Å²) >= 11 is 6.18. The number of nitrogens with zero attached hydrogens (tertiary/aromatic N) is 2. The maximum absolute atomic E-state index is 10.9. The third-order valence-corrected chi connectivity index (χ3v) is 4.63. The van der Waals surface area contributed by atoms with Crippen molar-refractivity contribution in [1.82, 2.24) is 15.1 Å². The fourth-order valence-corrected chi connectivity index (χ4v) is 3.52. The van der Waals surface area contributed by atoms with E-state index in [-0.39, 0.29) is 5.41 Å². The fourth-order valence-electron chi connectivity index (χ4n) is 3.29. The molecule has 0 radical (unpaired) electrons. The molecule has 2 N–H and O–H groups in total. The Labute approximate surface area is 130 Å². The second-order valence-electron chi connectivity index (χ2n) is 6.70. The number of halogens is 1. The van der Waals surface area contributed by atoms with Gasteiger partial charge in [-0.2, -0.15) is 5.10 Å². The van der Waals surface area contributed by atoms with Gasteiger partial charge in [0.1, 0.15) is 0 Å². The van der Waals surface area contributed by atoms with Crippen molar-refractivity contribution < 1.29 is 5.11 Å². The number of aromatic amines is 1. The second kappa shape index (κ2) is 5.59. The van der Waals surface area contributed by atoms with Crippen LogP contribution in [0.15, 0.2) is 18.3 Å². The zero-order chi connectivity index (χ0) is 15.0. The number of aromatic nitrogens is 2. The van der Waals surface area contributed by atoms with Crippen molar-refractivity contribution in [1.29, 1.82) is 0 Å². The number of aliphatic hydroxyl groups excluding tert-OH is 1. The minimum absolute atomic E-state index is 0.243. The minimum Gasteiger partial charge on any atom is -0.388 e. The molecule has 1 aliphatic heterocycles. The molecule has 1 fully saturated rings. The van der Waals surface area contributed by atoms with Crippen LogP contribution in [0.4, 0.5) is 0 Å². The Morgan fingerprint density at radius 2 is 2.10 bits per heavy atom. The lowest BCUT2D eigenvalue weighted by atomic mass is 9.81. The van der Waals surface area contributed by atoms with E-state index in [2.05, 4.69) is 28.9 Å². The lowest BCUT2D eigenvalue weighted by molar-refractivity contribution is 0.0263. The standard InChI is InChI=1S/C16H22ClN3O/c1-16(2,10-20-5-3-4-6-20)15(21)13-8-12(17)7-11-9-18-19-14(11)13/h7-9,15,21H,3-6,10H2,1-2H3,(H,18,19). The predicted molar refractivity (Wildman–Crippen MR) is 85.5 cm³/mol. The molecule has 1 unspecified atom stereocenters. The van der Waals surface area contributed by atoms with E-state index >= 15 is 0 Å². The van der Waals surface area contributed by atoms with Gasteiger partial charge < -0.3 is 10.0 Å². The third-order valence-electron chi connectivity index (χ3n) is 4.41. The molecule has 1 atom stereocenters. The van der Waals surface area contributed by atoms with Crippen LogP contribution in [0.3, 0.4) is 0 Å². The number of rotatable bonds is 4. The molecule has 114 valence electrons. The van der Waals surface area contributed by atoms with Crippen molar-refractivity contribution in [3.8, 4) is 0 Å². The van der Waals surface area contributed by atoms with Gasteiger partial charge in [0.15, 0.2) is 0 Å². The molecule has 1 aromatic carbocycles. The predicted octanol–water partition coefficient (Wildman–Crippen LogP) is 3.37. The summed E-state index contributed by atoms with van der Waals surface area (Å²) in [4.78, 5) is 2.43. The van der Waals surface area contributed by atoms with Crippen molar-refractivity contribution in [2.45, 2.75) is 32.8 Å². The maximum Gasteiger partial charge on any atom is 0.0874 e. The molecule has 1 aromatic heterocycles. The highest BCUT2D eigenvalue weighted by Crippen LogP contribution is 2.38. The van der Waals surface area contributed by atoms with Crippen molar-refractivity contribution in [3.05, 3.63) is 28.9 Å². The first kappa shape index (κ1) is 14.8. The van der Waals surface area contributed by atoms with Gasteiger partial charge in [-0.25, -0.2) is 0 Å². The van der Waals surface area contributed by atoms with Gasteiger partial charge in [0.2, 0.25) is 0 Å². The van der Waals surface area contributed by atoms with Gasteiger partial charge >= 0.3 is 0 Å². The highest BCUT2D eigenvalue weighted by atomic mass is 35.5. The lowest BCUT2D eigenvalue weighted by Crippen LogP contribution is -2.36. The smallest absolute Gasteiger partial charge is 0.0874 e. The molecule has 2 heterocycles. The van der Waals surface area contributed by atoms with E-state index in [1.807, 2.05) is 12.1 Å². The Morgan fingerprint density at radius 1 is 1.38 bits per heavy atom. The first-order chi connectivity index (χ1) is 9.97. The van der Waals surface area contributed by atoms with Crippen LogP contribution in [-0.4, -0.2) is 39.8 Å². The van der Waals surface area contributed by atoms with Gasteiger partial charge in [-0.3, -0.25) is 5.10 Å². The molecule has 0 amide bonds. The first-order valence-corrected chi connectivity index (χ1v) is 7.88. The number of likely N-dealkylation sites (tertiary alicyclic amines) is 1. The summed E-state index contributed by atoms with van der Waals surface area (Å²) in [6, 6.07) is 3.71. The number of benzene rings is 1. The summed E-state index contributed by atoms with van der Waals surface area (Å²) in [6.45, 7) is 7.37. The summed E-state index contributed by atoms with van der Waals surface area (Å²) in [7, 11) is 0. The van der Waals surface area contributed by atoms with E-state index in [4.69, 9.17) is 11.6 Å². The van der Waals surface area contributed by atoms with Crippen LogP contribution in [0, 0.1) is 5.41 Å². The average molecular weight is 308 g/mol. The van der Waals surface area contributed by atoms with Crippen molar-refractivity contribution in [2.75, 3.05) is 19.6 Å². The molecule has 0 saturated carbocycles. The topological polar surface area (TPSA) is 52.1 Å². The van der Waals surface area contributed by atoms with Crippen LogP contribution in [0.1, 0.15) is 38.4 Å². The van der Waals surface area contributed by atoms with E-state index in [1.54, 1.807) is 6.20 Å².